The van der Waals surface area contributed by atoms with Crippen LogP contribution in [-0.4, -0.2) is 36.6 Å². The second-order valence-electron chi connectivity index (χ2n) is 8.37. The Bertz CT molecular complexity index is 1610. The van der Waals surface area contributed by atoms with Gasteiger partial charge in [0.05, 0.1) is 24.0 Å². The second-order valence-corrected chi connectivity index (χ2v) is 8.37. The van der Waals surface area contributed by atoms with Gasteiger partial charge in [-0.15, -0.1) is 0 Å². The van der Waals surface area contributed by atoms with Crippen molar-refractivity contribution in [1.82, 2.24) is 19.0 Å². The Labute approximate surface area is 190 Å². The predicted octanol–water partition coefficient (Wildman–Crippen LogP) is 3.18. The molecule has 2 bridgehead atoms. The topological polar surface area (TPSA) is 104 Å². The van der Waals surface area contributed by atoms with Crippen molar-refractivity contribution in [2.75, 3.05) is 6.54 Å². The highest BCUT2D eigenvalue weighted by Gasteiger charge is 2.49. The molecule has 0 spiro atoms. The quantitative estimate of drug-likeness (QED) is 0.496. The number of rotatable bonds is 2. The number of pyridine rings is 1. The average molecular weight is 459 g/mol. The van der Waals surface area contributed by atoms with Crippen LogP contribution in [0.15, 0.2) is 53.5 Å². The lowest BCUT2D eigenvalue weighted by atomic mass is 10.1. The van der Waals surface area contributed by atoms with Gasteiger partial charge in [-0.25, -0.2) is 23.1 Å². The van der Waals surface area contributed by atoms with Gasteiger partial charge in [-0.2, -0.15) is 5.26 Å². The van der Waals surface area contributed by atoms with E-state index in [1.807, 2.05) is 6.07 Å². The molecule has 1 saturated heterocycles. The standard InChI is InChI=1S/C24H15F2N5O3/c25-13-5-12(6-14(26)7-13)22(32)29-11-15-8-19(29)21-23(33)31(24(34)30(15)21)20-10-28-18(9-27)16-3-1-2-4-17(16)20/h1-7,10,15,19,33H,8,11H2/t15-,19?/m1/s1. The van der Waals surface area contributed by atoms with E-state index in [0.29, 0.717) is 28.9 Å². The Balaban J connectivity index is 1.48. The zero-order valence-electron chi connectivity index (χ0n) is 17.4. The zero-order chi connectivity index (χ0) is 23.7. The Hall–Kier alpha value is -4.52. The van der Waals surface area contributed by atoms with E-state index in [2.05, 4.69) is 4.98 Å². The molecule has 10 heteroatoms. The second kappa shape index (κ2) is 6.99. The normalized spacial score (nSPS) is 18.3. The third kappa shape index (κ3) is 2.64. The fourth-order valence-electron chi connectivity index (χ4n) is 5.18. The van der Waals surface area contributed by atoms with Gasteiger partial charge in [0, 0.05) is 28.9 Å². The fourth-order valence-corrected chi connectivity index (χ4v) is 5.18. The summed E-state index contributed by atoms with van der Waals surface area (Å²) in [4.78, 5) is 32.0. The van der Waals surface area contributed by atoms with Gasteiger partial charge in [0.25, 0.3) is 5.91 Å². The highest BCUT2D eigenvalue weighted by Crippen LogP contribution is 2.49. The third-order valence-corrected chi connectivity index (χ3v) is 6.55. The lowest BCUT2D eigenvalue weighted by molar-refractivity contribution is 0.0710. The van der Waals surface area contributed by atoms with Crippen molar-refractivity contribution in [2.24, 2.45) is 0 Å². The Kier molecular flexibility index (Phi) is 4.13. The molecule has 2 aliphatic heterocycles. The van der Waals surface area contributed by atoms with Crippen LogP contribution in [0.1, 0.15) is 40.3 Å². The lowest BCUT2D eigenvalue weighted by Crippen LogP contribution is -2.37. The minimum atomic E-state index is -0.862. The average Bonchev–Trinajstić information content (AvgIpc) is 3.49. The van der Waals surface area contributed by atoms with Crippen LogP contribution in [0.2, 0.25) is 0 Å². The van der Waals surface area contributed by atoms with Crippen molar-refractivity contribution in [3.63, 3.8) is 0 Å². The van der Waals surface area contributed by atoms with Crippen LogP contribution in [0, 0.1) is 23.0 Å². The van der Waals surface area contributed by atoms with Crippen LogP contribution in [0.3, 0.4) is 0 Å². The Morgan fingerprint density at radius 1 is 1.15 bits per heavy atom. The number of aromatic nitrogens is 3. The summed E-state index contributed by atoms with van der Waals surface area (Å²) in [6.45, 7) is 0.171. The van der Waals surface area contributed by atoms with E-state index in [0.717, 1.165) is 16.7 Å². The molecule has 0 saturated carbocycles. The van der Waals surface area contributed by atoms with Crippen molar-refractivity contribution in [3.8, 4) is 17.6 Å². The molecule has 2 aromatic heterocycles. The van der Waals surface area contributed by atoms with Gasteiger partial charge in [0.15, 0.2) is 0 Å². The maximum absolute atomic E-state index is 13.7. The van der Waals surface area contributed by atoms with E-state index >= 15 is 0 Å². The van der Waals surface area contributed by atoms with Crippen molar-refractivity contribution < 1.29 is 18.7 Å². The number of amides is 1. The number of nitriles is 1. The summed E-state index contributed by atoms with van der Waals surface area (Å²) in [6, 6.07) is 10.5. The predicted molar refractivity (Wildman–Crippen MR) is 115 cm³/mol. The summed E-state index contributed by atoms with van der Waals surface area (Å²) >= 11 is 0. The molecule has 1 fully saturated rings. The summed E-state index contributed by atoms with van der Waals surface area (Å²) in [5.41, 5.74) is 0.141. The van der Waals surface area contributed by atoms with Gasteiger partial charge in [-0.05, 0) is 18.6 Å². The molecule has 0 radical (unpaired) electrons. The zero-order valence-corrected chi connectivity index (χ0v) is 17.4. The van der Waals surface area contributed by atoms with E-state index < -0.39 is 29.3 Å². The summed E-state index contributed by atoms with van der Waals surface area (Å²) < 4.78 is 29.9. The highest BCUT2D eigenvalue weighted by atomic mass is 19.1. The van der Waals surface area contributed by atoms with E-state index in [4.69, 9.17) is 0 Å². The summed E-state index contributed by atoms with van der Waals surface area (Å²) in [7, 11) is 0. The number of halogens is 2. The Morgan fingerprint density at radius 2 is 1.85 bits per heavy atom. The molecule has 168 valence electrons. The van der Waals surface area contributed by atoms with Gasteiger partial charge in [-0.1, -0.05) is 24.3 Å². The van der Waals surface area contributed by atoms with E-state index in [1.54, 1.807) is 24.3 Å². The number of likely N-dealkylation sites (tertiary alicyclic amines) is 1. The SMILES string of the molecule is N#Cc1ncc(-n2c(O)c3n(c2=O)[C@@H]2CC3N(C(=O)c3cc(F)cc(F)c3)C2)c2ccccc12. The van der Waals surface area contributed by atoms with Gasteiger partial charge in [0.2, 0.25) is 5.88 Å². The lowest BCUT2D eigenvalue weighted by Gasteiger charge is -2.27. The molecular weight excluding hydrogens is 444 g/mol. The molecule has 8 nitrogen and oxygen atoms in total. The van der Waals surface area contributed by atoms with Gasteiger partial charge < -0.3 is 10.0 Å². The number of nitrogens with zero attached hydrogens (tertiary/aromatic N) is 5. The molecule has 2 aliphatic rings. The molecule has 1 amide bonds. The molecule has 4 heterocycles. The highest BCUT2D eigenvalue weighted by molar-refractivity contribution is 5.95. The van der Waals surface area contributed by atoms with E-state index in [1.165, 1.54) is 15.7 Å². The number of carbonyl (C=O) groups excluding carboxylic acids is 1. The number of fused-ring (bicyclic) bond motifs is 6. The van der Waals surface area contributed by atoms with Crippen LogP contribution in [-0.2, 0) is 0 Å². The maximum atomic E-state index is 13.7. The van der Waals surface area contributed by atoms with Crippen LogP contribution in [0.25, 0.3) is 16.5 Å². The van der Waals surface area contributed by atoms with Crippen LogP contribution < -0.4 is 5.69 Å². The first-order valence-electron chi connectivity index (χ1n) is 10.5. The van der Waals surface area contributed by atoms with Gasteiger partial charge in [0.1, 0.15) is 29.1 Å². The van der Waals surface area contributed by atoms with Crippen molar-refractivity contribution in [1.29, 1.82) is 5.26 Å². The van der Waals surface area contributed by atoms with Gasteiger partial charge in [-0.3, -0.25) is 9.36 Å². The maximum Gasteiger partial charge on any atom is 0.336 e. The van der Waals surface area contributed by atoms with Crippen molar-refractivity contribution in [2.45, 2.75) is 18.5 Å². The van der Waals surface area contributed by atoms with Crippen molar-refractivity contribution >= 4 is 16.7 Å². The van der Waals surface area contributed by atoms with E-state index in [9.17, 15) is 28.7 Å². The van der Waals surface area contributed by atoms with Crippen molar-refractivity contribution in [3.05, 3.63) is 87.7 Å². The third-order valence-electron chi connectivity index (χ3n) is 6.55. The number of benzene rings is 2. The summed E-state index contributed by atoms with van der Waals surface area (Å²) in [5, 5.41) is 21.6. The number of aromatic hydroxyl groups is 1. The van der Waals surface area contributed by atoms with Gasteiger partial charge >= 0.3 is 5.69 Å². The number of hydrogen-bond donors (Lipinski definition) is 1. The number of imidazole rings is 1. The molecule has 1 N–H and O–H groups in total. The molecule has 1 unspecified atom stereocenters. The minimum Gasteiger partial charge on any atom is -0.493 e. The summed E-state index contributed by atoms with van der Waals surface area (Å²) in [6.07, 6.45) is 1.77. The smallest absolute Gasteiger partial charge is 0.336 e. The minimum absolute atomic E-state index is 0.139. The molecule has 4 aromatic rings. The molecule has 34 heavy (non-hydrogen) atoms. The molecular formula is C24H15F2N5O3. The number of hydrogen-bond acceptors (Lipinski definition) is 5. The first kappa shape index (κ1) is 20.1. The van der Waals surface area contributed by atoms with Crippen LogP contribution in [0.5, 0.6) is 5.88 Å². The molecule has 0 aliphatic carbocycles. The fraction of sp³-hybridized carbons (Fsp3) is 0.167. The van der Waals surface area contributed by atoms with Crippen LogP contribution >= 0.6 is 0 Å². The Morgan fingerprint density at radius 3 is 2.56 bits per heavy atom. The van der Waals surface area contributed by atoms with E-state index in [-0.39, 0.29) is 35.4 Å². The molecule has 2 aromatic carbocycles. The number of carbonyl (C=O) groups is 1. The monoisotopic (exact) mass is 459 g/mol. The largest absolute Gasteiger partial charge is 0.493 e. The first-order chi connectivity index (χ1) is 16.4. The first-order valence-corrected chi connectivity index (χ1v) is 10.5. The summed E-state index contributed by atoms with van der Waals surface area (Å²) in [5.74, 6) is -2.64. The van der Waals surface area contributed by atoms with Crippen LogP contribution in [0.4, 0.5) is 8.78 Å². The molecule has 6 rings (SSSR count). The molecule has 2 atom stereocenters.